The molecule has 0 spiro atoms. The molecule has 1 N–H and O–H groups in total. The van der Waals surface area contributed by atoms with Gasteiger partial charge in [0, 0.05) is 54.4 Å². The molecule has 0 bridgehead atoms. The number of rotatable bonds is 12. The Hall–Kier alpha value is -3.55. The number of hydrogen-bond donors (Lipinski definition) is 1. The van der Waals surface area contributed by atoms with Crippen molar-refractivity contribution in [2.45, 2.75) is 56.1 Å². The van der Waals surface area contributed by atoms with E-state index in [1.807, 2.05) is 12.1 Å². The average molecular weight is 577 g/mol. The zero-order valence-corrected chi connectivity index (χ0v) is 22.9. The van der Waals surface area contributed by atoms with Crippen LogP contribution >= 0.6 is 11.3 Å². The molecule has 1 aliphatic rings. The maximum Gasteiger partial charge on any atom is 0.345 e. The highest BCUT2D eigenvalue weighted by molar-refractivity contribution is 7.88. The molecule has 11 nitrogen and oxygen atoms in total. The van der Waals surface area contributed by atoms with E-state index in [0.29, 0.717) is 33.9 Å². The Morgan fingerprint density at radius 2 is 1.79 bits per heavy atom. The summed E-state index contributed by atoms with van der Waals surface area (Å²) in [6, 6.07) is 9.86. The molecule has 2 amide bonds. The molecule has 3 heterocycles. The zero-order valence-electron chi connectivity index (χ0n) is 21.3. The molecule has 1 aliphatic heterocycles. The van der Waals surface area contributed by atoms with Crippen LogP contribution in [-0.2, 0) is 29.3 Å². The Morgan fingerprint density at radius 3 is 2.46 bits per heavy atom. The van der Waals surface area contributed by atoms with Gasteiger partial charge in [0.2, 0.25) is 0 Å². The normalized spacial score (nSPS) is 13.8. The Morgan fingerprint density at radius 1 is 1.05 bits per heavy atom. The fraction of sp³-hybridized carbons (Fsp3) is 0.385. The first-order chi connectivity index (χ1) is 18.6. The van der Waals surface area contributed by atoms with Gasteiger partial charge >= 0.3 is 21.7 Å². The van der Waals surface area contributed by atoms with Crippen LogP contribution in [0.4, 0.5) is 5.69 Å². The number of amides is 2. The van der Waals surface area contributed by atoms with Crippen molar-refractivity contribution in [3.05, 3.63) is 46.8 Å². The van der Waals surface area contributed by atoms with Crippen LogP contribution in [0.15, 0.2) is 49.8 Å². The van der Waals surface area contributed by atoms with Crippen LogP contribution < -0.4 is 10.5 Å². The molecule has 3 aromatic rings. The second kappa shape index (κ2) is 12.1. The molecule has 0 aliphatic carbocycles. The summed E-state index contributed by atoms with van der Waals surface area (Å²) in [5.74, 6) is -1.60. The summed E-state index contributed by atoms with van der Waals surface area (Å²) in [5, 5.41) is 1.23. The highest BCUT2D eigenvalue weighted by Crippen LogP contribution is 2.31. The largest absolute Gasteiger partial charge is 0.422 e. The molecular formula is C26H28N2O9S2. The second-order valence-corrected chi connectivity index (χ2v) is 11.8. The van der Waals surface area contributed by atoms with Crippen molar-refractivity contribution in [3.8, 4) is 10.4 Å². The number of benzene rings is 1. The van der Waals surface area contributed by atoms with Crippen molar-refractivity contribution in [2.24, 2.45) is 0 Å². The van der Waals surface area contributed by atoms with Gasteiger partial charge in [0.1, 0.15) is 9.79 Å². The smallest absolute Gasteiger partial charge is 0.345 e. The minimum atomic E-state index is -4.36. The topological polar surface area (TPSA) is 152 Å². The summed E-state index contributed by atoms with van der Waals surface area (Å²) in [5.41, 5.74) is 0.852. The Bertz CT molecular complexity index is 1540. The standard InChI is InChI=1S/C26H28N2O9S2/c1-2-13-27(14-5-3-4-6-24(31)37-28-22(29)10-11-23(28)30)18-8-7-17-15-19(26(32)36-20(17)16-18)21-9-12-25(38-21)39(33,34)35/h7-9,12,15-16H,2-6,10-11,13-14H2,1H3,(H,33,34,35). The predicted octanol–water partition coefficient (Wildman–Crippen LogP) is 4.15. The van der Waals surface area contributed by atoms with Gasteiger partial charge in [-0.2, -0.15) is 8.42 Å². The lowest BCUT2D eigenvalue weighted by Crippen LogP contribution is -2.32. The quantitative estimate of drug-likeness (QED) is 0.144. The molecule has 1 fully saturated rings. The van der Waals surface area contributed by atoms with Crippen molar-refractivity contribution < 1.29 is 36.6 Å². The Kier molecular flexibility index (Phi) is 8.83. The molecule has 0 atom stereocenters. The van der Waals surface area contributed by atoms with Gasteiger partial charge in [-0.05, 0) is 49.6 Å². The SMILES string of the molecule is CCCN(CCCCCC(=O)ON1C(=O)CCC1=O)c1ccc2cc(-c3ccc(S(=O)(=O)O)s3)c(=O)oc2c1. The number of carbonyl (C=O) groups excluding carboxylic acids is 3. The van der Waals surface area contributed by atoms with E-state index in [-0.39, 0.29) is 29.0 Å². The minimum Gasteiger partial charge on any atom is -0.422 e. The number of imide groups is 1. The minimum absolute atomic E-state index is 0.0608. The van der Waals surface area contributed by atoms with Crippen molar-refractivity contribution in [2.75, 3.05) is 18.0 Å². The van der Waals surface area contributed by atoms with E-state index in [4.69, 9.17) is 9.25 Å². The third kappa shape index (κ3) is 6.91. The summed E-state index contributed by atoms with van der Waals surface area (Å²) in [7, 11) is -4.36. The molecule has 13 heteroatoms. The average Bonchev–Trinajstić information content (AvgIpc) is 3.50. The number of anilines is 1. The number of hydrogen-bond acceptors (Lipinski definition) is 10. The van der Waals surface area contributed by atoms with Crippen LogP contribution in [0.3, 0.4) is 0 Å². The van der Waals surface area contributed by atoms with E-state index < -0.39 is 33.5 Å². The number of carbonyl (C=O) groups is 3. The van der Waals surface area contributed by atoms with Crippen LogP contribution in [0, 0.1) is 0 Å². The van der Waals surface area contributed by atoms with Gasteiger partial charge in [-0.25, -0.2) is 9.59 Å². The first-order valence-electron chi connectivity index (χ1n) is 12.5. The van der Waals surface area contributed by atoms with Crippen molar-refractivity contribution in [1.82, 2.24) is 5.06 Å². The van der Waals surface area contributed by atoms with Crippen molar-refractivity contribution >= 4 is 55.9 Å². The third-order valence-electron chi connectivity index (χ3n) is 6.19. The van der Waals surface area contributed by atoms with Gasteiger partial charge in [-0.1, -0.05) is 13.3 Å². The number of fused-ring (bicyclic) bond motifs is 1. The predicted molar refractivity (Wildman–Crippen MR) is 144 cm³/mol. The molecule has 1 aromatic carbocycles. The van der Waals surface area contributed by atoms with Gasteiger partial charge in [0.25, 0.3) is 11.8 Å². The van der Waals surface area contributed by atoms with Gasteiger partial charge in [0.15, 0.2) is 0 Å². The number of thiophene rings is 1. The number of unbranched alkanes of at least 4 members (excludes halogenated alkanes) is 2. The number of hydroxylamine groups is 2. The van der Waals surface area contributed by atoms with Crippen molar-refractivity contribution in [1.29, 1.82) is 0 Å². The maximum absolute atomic E-state index is 12.7. The van der Waals surface area contributed by atoms with E-state index >= 15 is 0 Å². The highest BCUT2D eigenvalue weighted by atomic mass is 32.3. The Labute approximate surface area is 228 Å². The van der Waals surface area contributed by atoms with E-state index in [9.17, 15) is 32.1 Å². The van der Waals surface area contributed by atoms with E-state index in [1.165, 1.54) is 12.1 Å². The Balaban J connectivity index is 1.37. The fourth-order valence-electron chi connectivity index (χ4n) is 4.27. The summed E-state index contributed by atoms with van der Waals surface area (Å²) < 4.78 is 37.3. The molecule has 0 radical (unpaired) electrons. The van der Waals surface area contributed by atoms with Gasteiger partial charge in [0.05, 0.1) is 5.56 Å². The molecule has 0 saturated carbocycles. The summed E-state index contributed by atoms with van der Waals surface area (Å²) in [6.07, 6.45) is 3.17. The fourth-order valence-corrected chi connectivity index (χ4v) is 5.94. The summed E-state index contributed by atoms with van der Waals surface area (Å²) in [6.45, 7) is 3.52. The lowest BCUT2D eigenvalue weighted by Gasteiger charge is -2.24. The van der Waals surface area contributed by atoms with Gasteiger partial charge in [-0.15, -0.1) is 16.4 Å². The lowest BCUT2D eigenvalue weighted by atomic mass is 10.1. The first kappa shape index (κ1) is 28.5. The van der Waals surface area contributed by atoms with Crippen LogP contribution in [0.25, 0.3) is 21.4 Å². The zero-order chi connectivity index (χ0) is 28.2. The highest BCUT2D eigenvalue weighted by Gasteiger charge is 2.32. The van der Waals surface area contributed by atoms with Crippen LogP contribution in [0.1, 0.15) is 51.9 Å². The summed E-state index contributed by atoms with van der Waals surface area (Å²) >= 11 is 0.786. The van der Waals surface area contributed by atoms with Crippen LogP contribution in [0.5, 0.6) is 0 Å². The maximum atomic E-state index is 12.7. The van der Waals surface area contributed by atoms with Gasteiger partial charge < -0.3 is 14.2 Å². The van der Waals surface area contributed by atoms with Crippen LogP contribution in [0.2, 0.25) is 0 Å². The molecule has 208 valence electrons. The molecule has 39 heavy (non-hydrogen) atoms. The molecular weight excluding hydrogens is 548 g/mol. The van der Waals surface area contributed by atoms with Crippen LogP contribution in [-0.4, -0.2) is 48.9 Å². The van der Waals surface area contributed by atoms with Gasteiger partial charge in [-0.3, -0.25) is 14.1 Å². The lowest BCUT2D eigenvalue weighted by molar-refractivity contribution is -0.197. The van der Waals surface area contributed by atoms with E-state index in [2.05, 4.69) is 11.8 Å². The van der Waals surface area contributed by atoms with E-state index in [0.717, 1.165) is 42.8 Å². The monoisotopic (exact) mass is 576 g/mol. The molecule has 4 rings (SSSR count). The third-order valence-corrected chi connectivity index (χ3v) is 8.63. The molecule has 1 saturated heterocycles. The number of nitrogens with zero attached hydrogens (tertiary/aromatic N) is 2. The van der Waals surface area contributed by atoms with Crippen molar-refractivity contribution in [3.63, 3.8) is 0 Å². The summed E-state index contributed by atoms with van der Waals surface area (Å²) in [4.78, 5) is 55.2. The molecule has 0 unspecified atom stereocenters. The van der Waals surface area contributed by atoms with E-state index in [1.54, 1.807) is 12.1 Å². The molecule has 2 aromatic heterocycles. The first-order valence-corrected chi connectivity index (χ1v) is 14.8. The second-order valence-electron chi connectivity index (χ2n) is 9.11.